The van der Waals surface area contributed by atoms with Crippen LogP contribution in [0.2, 0.25) is 0 Å². The molecule has 1 aliphatic carbocycles. The van der Waals surface area contributed by atoms with E-state index in [1.165, 1.54) is 0 Å². The Morgan fingerprint density at radius 1 is 1.00 bits per heavy atom. The molecular formula is C14H10N2O2. The number of carbonyl (C=O) groups excluding carboxylic acids is 1. The Kier molecular flexibility index (Phi) is 2.16. The highest BCUT2D eigenvalue weighted by atomic mass is 16.4. The number of nitrogens with zero attached hydrogens (tertiary/aromatic N) is 1. The Morgan fingerprint density at radius 2 is 1.67 bits per heavy atom. The number of amides is 1. The van der Waals surface area contributed by atoms with Gasteiger partial charge in [0.1, 0.15) is 5.71 Å². The second kappa shape index (κ2) is 3.70. The average molecular weight is 238 g/mol. The van der Waals surface area contributed by atoms with Gasteiger partial charge >= 0.3 is 0 Å². The Balaban J connectivity index is 2.43. The Hall–Kier alpha value is -2.62. The molecule has 0 saturated carbocycles. The molecule has 0 heterocycles. The Morgan fingerprint density at radius 3 is 2.33 bits per heavy atom. The summed E-state index contributed by atoms with van der Waals surface area (Å²) >= 11 is 0. The lowest BCUT2D eigenvalue weighted by atomic mass is 9.99. The molecule has 4 heteroatoms. The third-order valence-electron chi connectivity index (χ3n) is 3.14. The molecule has 3 rings (SSSR count). The minimum Gasteiger partial charge on any atom is -0.410 e. The van der Waals surface area contributed by atoms with E-state index in [2.05, 4.69) is 5.16 Å². The van der Waals surface area contributed by atoms with Crippen LogP contribution in [0.4, 0.5) is 0 Å². The second-order valence-electron chi connectivity index (χ2n) is 4.09. The van der Waals surface area contributed by atoms with Crippen LogP contribution in [0, 0.1) is 0 Å². The monoisotopic (exact) mass is 238 g/mol. The molecule has 0 bridgehead atoms. The normalized spacial score (nSPS) is 14.3. The van der Waals surface area contributed by atoms with Crippen molar-refractivity contribution in [3.8, 4) is 11.1 Å². The van der Waals surface area contributed by atoms with E-state index in [1.54, 1.807) is 12.1 Å². The van der Waals surface area contributed by atoms with Crippen LogP contribution in [0.1, 0.15) is 21.5 Å². The number of carbonyl (C=O) groups is 1. The zero-order valence-electron chi connectivity index (χ0n) is 9.42. The summed E-state index contributed by atoms with van der Waals surface area (Å²) in [6, 6.07) is 12.7. The maximum absolute atomic E-state index is 11.5. The molecule has 0 spiro atoms. The molecule has 0 fully saturated rings. The minimum atomic E-state index is -0.485. The smallest absolute Gasteiger partial charge is 0.249 e. The average Bonchev–Trinajstić information content (AvgIpc) is 2.72. The third kappa shape index (κ3) is 1.26. The zero-order chi connectivity index (χ0) is 12.7. The predicted molar refractivity (Wildman–Crippen MR) is 67.8 cm³/mol. The molecule has 0 radical (unpaired) electrons. The van der Waals surface area contributed by atoms with E-state index in [1.807, 2.05) is 30.3 Å². The van der Waals surface area contributed by atoms with Crippen molar-refractivity contribution >= 4 is 11.6 Å². The van der Waals surface area contributed by atoms with Gasteiger partial charge in [-0.15, -0.1) is 0 Å². The van der Waals surface area contributed by atoms with Gasteiger partial charge < -0.3 is 10.9 Å². The van der Waals surface area contributed by atoms with E-state index in [0.717, 1.165) is 22.3 Å². The molecule has 18 heavy (non-hydrogen) atoms. The lowest BCUT2D eigenvalue weighted by Crippen LogP contribution is -2.12. The van der Waals surface area contributed by atoms with Gasteiger partial charge in [-0.25, -0.2) is 0 Å². The maximum Gasteiger partial charge on any atom is 0.249 e. The summed E-state index contributed by atoms with van der Waals surface area (Å²) in [5, 5.41) is 12.5. The number of oxime groups is 1. The standard InChI is InChI=1S/C14H10N2O2/c15-14(17)11-7-3-6-10-12(11)8-4-1-2-5-9(8)13(10)16-18/h1-7,18H,(H2,15,17)/b16-13-. The highest BCUT2D eigenvalue weighted by molar-refractivity contribution is 6.26. The fourth-order valence-corrected chi connectivity index (χ4v) is 2.41. The minimum absolute atomic E-state index is 0.443. The van der Waals surface area contributed by atoms with Crippen molar-refractivity contribution in [1.82, 2.24) is 0 Å². The second-order valence-corrected chi connectivity index (χ2v) is 4.09. The molecule has 3 N–H and O–H groups in total. The zero-order valence-corrected chi connectivity index (χ0v) is 9.42. The van der Waals surface area contributed by atoms with Gasteiger partial charge in [-0.05, 0) is 11.6 Å². The maximum atomic E-state index is 11.5. The summed E-state index contributed by atoms with van der Waals surface area (Å²) in [4.78, 5) is 11.5. The van der Waals surface area contributed by atoms with Crippen LogP contribution in [0.25, 0.3) is 11.1 Å². The van der Waals surface area contributed by atoms with Gasteiger partial charge in [-0.2, -0.15) is 0 Å². The van der Waals surface area contributed by atoms with E-state index in [-0.39, 0.29) is 0 Å². The highest BCUT2D eigenvalue weighted by Gasteiger charge is 2.28. The SMILES string of the molecule is NC(=O)c1cccc2c1-c1ccccc1/C2=N/O. The number of benzene rings is 2. The van der Waals surface area contributed by atoms with Crippen LogP contribution in [0.15, 0.2) is 47.6 Å². The van der Waals surface area contributed by atoms with Crippen LogP contribution >= 0.6 is 0 Å². The van der Waals surface area contributed by atoms with E-state index in [0.29, 0.717) is 11.3 Å². The van der Waals surface area contributed by atoms with E-state index in [9.17, 15) is 4.79 Å². The van der Waals surface area contributed by atoms with Gasteiger partial charge in [-0.1, -0.05) is 41.6 Å². The van der Waals surface area contributed by atoms with Gasteiger partial charge in [0, 0.05) is 22.3 Å². The molecule has 1 aliphatic rings. The lowest BCUT2D eigenvalue weighted by molar-refractivity contribution is 0.100. The predicted octanol–water partition coefficient (Wildman–Crippen LogP) is 1.99. The first kappa shape index (κ1) is 10.5. The van der Waals surface area contributed by atoms with Crippen LogP contribution in [-0.4, -0.2) is 16.8 Å². The molecule has 0 aliphatic heterocycles. The van der Waals surface area contributed by atoms with Gasteiger partial charge in [0.15, 0.2) is 0 Å². The molecular weight excluding hydrogens is 228 g/mol. The molecule has 4 nitrogen and oxygen atoms in total. The van der Waals surface area contributed by atoms with Gasteiger partial charge in [-0.3, -0.25) is 4.79 Å². The summed E-state index contributed by atoms with van der Waals surface area (Å²) < 4.78 is 0. The quantitative estimate of drug-likeness (QED) is 0.502. The third-order valence-corrected chi connectivity index (χ3v) is 3.14. The number of rotatable bonds is 1. The van der Waals surface area contributed by atoms with Crippen LogP contribution in [-0.2, 0) is 0 Å². The molecule has 2 aromatic carbocycles. The van der Waals surface area contributed by atoms with E-state index in [4.69, 9.17) is 10.9 Å². The number of nitrogens with two attached hydrogens (primary N) is 1. The van der Waals surface area contributed by atoms with Gasteiger partial charge in [0.05, 0.1) is 0 Å². The number of hydrogen-bond acceptors (Lipinski definition) is 3. The van der Waals surface area contributed by atoms with Crippen LogP contribution < -0.4 is 5.73 Å². The van der Waals surface area contributed by atoms with Crippen LogP contribution in [0.3, 0.4) is 0 Å². The van der Waals surface area contributed by atoms with Crippen molar-refractivity contribution in [1.29, 1.82) is 0 Å². The number of hydrogen-bond donors (Lipinski definition) is 2. The van der Waals surface area contributed by atoms with Crippen molar-refractivity contribution in [2.24, 2.45) is 10.9 Å². The summed E-state index contributed by atoms with van der Waals surface area (Å²) in [5.41, 5.74) is 9.46. The fourth-order valence-electron chi connectivity index (χ4n) is 2.41. The molecule has 0 aromatic heterocycles. The largest absolute Gasteiger partial charge is 0.410 e. The Labute approximate surface area is 103 Å². The van der Waals surface area contributed by atoms with Crippen LogP contribution in [0.5, 0.6) is 0 Å². The van der Waals surface area contributed by atoms with Gasteiger partial charge in [0.25, 0.3) is 0 Å². The lowest BCUT2D eigenvalue weighted by Gasteiger charge is -2.05. The number of primary amides is 1. The summed E-state index contributed by atoms with van der Waals surface area (Å²) in [5.74, 6) is -0.485. The first-order chi connectivity index (χ1) is 8.74. The molecule has 0 atom stereocenters. The molecule has 0 saturated heterocycles. The summed E-state index contributed by atoms with van der Waals surface area (Å²) in [6.45, 7) is 0. The number of fused-ring (bicyclic) bond motifs is 3. The van der Waals surface area contributed by atoms with Gasteiger partial charge in [0.2, 0.25) is 5.91 Å². The van der Waals surface area contributed by atoms with E-state index >= 15 is 0 Å². The molecule has 1 amide bonds. The van der Waals surface area contributed by atoms with Crippen molar-refractivity contribution < 1.29 is 10.0 Å². The first-order valence-corrected chi connectivity index (χ1v) is 5.49. The first-order valence-electron chi connectivity index (χ1n) is 5.49. The van der Waals surface area contributed by atoms with E-state index < -0.39 is 5.91 Å². The van der Waals surface area contributed by atoms with Crippen molar-refractivity contribution in [2.45, 2.75) is 0 Å². The summed E-state index contributed by atoms with van der Waals surface area (Å²) in [7, 11) is 0. The summed E-state index contributed by atoms with van der Waals surface area (Å²) in [6.07, 6.45) is 0. The topological polar surface area (TPSA) is 75.7 Å². The molecule has 2 aromatic rings. The highest BCUT2D eigenvalue weighted by Crippen LogP contribution is 2.38. The fraction of sp³-hybridized carbons (Fsp3) is 0. The molecule has 88 valence electrons. The molecule has 0 unspecified atom stereocenters. The van der Waals surface area contributed by atoms with Crippen molar-refractivity contribution in [3.63, 3.8) is 0 Å². The van der Waals surface area contributed by atoms with Crippen molar-refractivity contribution in [3.05, 3.63) is 59.2 Å². The Bertz CT molecular complexity index is 690. The van der Waals surface area contributed by atoms with Crippen molar-refractivity contribution in [2.75, 3.05) is 0 Å².